The van der Waals surface area contributed by atoms with E-state index in [4.69, 9.17) is 10.2 Å². The first kappa shape index (κ1) is 14.1. The second kappa shape index (κ2) is 6.11. The number of aliphatic hydroxyl groups excluding tert-OH is 2. The van der Waals surface area contributed by atoms with Crippen molar-refractivity contribution in [2.24, 2.45) is 0 Å². The predicted molar refractivity (Wildman–Crippen MR) is 62.1 cm³/mol. The molecule has 0 fully saturated rings. The average Bonchev–Trinajstić information content (AvgIpc) is 2.36. The van der Waals surface area contributed by atoms with E-state index in [2.05, 4.69) is 4.18 Å². The van der Waals surface area contributed by atoms with Crippen molar-refractivity contribution < 1.29 is 22.8 Å². The maximum atomic E-state index is 11.6. The van der Waals surface area contributed by atoms with Gasteiger partial charge in [-0.25, -0.2) is 0 Å². The van der Waals surface area contributed by atoms with Crippen LogP contribution >= 0.6 is 0 Å². The summed E-state index contributed by atoms with van der Waals surface area (Å²) in [5.74, 6) is 0. The normalized spacial score (nSPS) is 13.6. The van der Waals surface area contributed by atoms with Crippen LogP contribution in [-0.4, -0.2) is 37.9 Å². The van der Waals surface area contributed by atoms with Crippen LogP contribution in [0.1, 0.15) is 12.5 Å². The minimum atomic E-state index is -3.86. The van der Waals surface area contributed by atoms with Crippen molar-refractivity contribution in [2.75, 3.05) is 13.2 Å². The maximum absolute atomic E-state index is 11.6. The fourth-order valence-electron chi connectivity index (χ4n) is 1.18. The van der Waals surface area contributed by atoms with Crippen molar-refractivity contribution in [2.45, 2.75) is 24.3 Å². The summed E-state index contributed by atoms with van der Waals surface area (Å²) in [6.45, 7) is 0.982. The summed E-state index contributed by atoms with van der Waals surface area (Å²) in [7, 11) is -3.86. The SMILES string of the molecule is CCc1ccc(S(=O)(=O)OC[C@@H](O)CO)cc1. The molecule has 17 heavy (non-hydrogen) atoms. The third-order valence-corrected chi connectivity index (χ3v) is 3.54. The van der Waals surface area contributed by atoms with E-state index < -0.39 is 29.4 Å². The second-order valence-corrected chi connectivity index (χ2v) is 5.19. The highest BCUT2D eigenvalue weighted by Gasteiger charge is 2.16. The highest BCUT2D eigenvalue weighted by molar-refractivity contribution is 7.86. The molecule has 96 valence electrons. The number of aryl methyl sites for hydroxylation is 1. The Labute approximate surface area is 101 Å². The summed E-state index contributed by atoms with van der Waals surface area (Å²) in [6, 6.07) is 6.33. The molecule has 0 amide bonds. The highest BCUT2D eigenvalue weighted by atomic mass is 32.2. The van der Waals surface area contributed by atoms with Gasteiger partial charge in [0.15, 0.2) is 0 Å². The van der Waals surface area contributed by atoms with Gasteiger partial charge in [-0.15, -0.1) is 0 Å². The van der Waals surface area contributed by atoms with E-state index in [-0.39, 0.29) is 4.90 Å². The number of rotatable bonds is 6. The maximum Gasteiger partial charge on any atom is 0.297 e. The third kappa shape index (κ3) is 4.08. The lowest BCUT2D eigenvalue weighted by Crippen LogP contribution is -2.22. The molecule has 0 radical (unpaired) electrons. The predicted octanol–water partition coefficient (Wildman–Crippen LogP) is 0.307. The van der Waals surface area contributed by atoms with Crippen LogP contribution in [0.15, 0.2) is 29.2 Å². The van der Waals surface area contributed by atoms with Crippen LogP contribution in [0.3, 0.4) is 0 Å². The molecule has 1 atom stereocenters. The Hall–Kier alpha value is -0.950. The van der Waals surface area contributed by atoms with Crippen molar-refractivity contribution >= 4 is 10.1 Å². The molecule has 2 N–H and O–H groups in total. The molecule has 0 aliphatic heterocycles. The van der Waals surface area contributed by atoms with Crippen molar-refractivity contribution in [3.63, 3.8) is 0 Å². The van der Waals surface area contributed by atoms with E-state index in [1.807, 2.05) is 6.92 Å². The zero-order valence-corrected chi connectivity index (χ0v) is 10.4. The summed E-state index contributed by atoms with van der Waals surface area (Å²) < 4.78 is 27.9. The van der Waals surface area contributed by atoms with Crippen molar-refractivity contribution in [1.29, 1.82) is 0 Å². The largest absolute Gasteiger partial charge is 0.394 e. The Morgan fingerprint density at radius 2 is 1.88 bits per heavy atom. The molecule has 0 aromatic heterocycles. The topological polar surface area (TPSA) is 83.8 Å². The fourth-order valence-corrected chi connectivity index (χ4v) is 2.12. The van der Waals surface area contributed by atoms with E-state index in [1.165, 1.54) is 12.1 Å². The lowest BCUT2D eigenvalue weighted by atomic mass is 10.2. The van der Waals surface area contributed by atoms with Crippen LogP contribution < -0.4 is 0 Å². The smallest absolute Gasteiger partial charge is 0.297 e. The Bertz CT molecular complexity index is 437. The van der Waals surface area contributed by atoms with E-state index in [9.17, 15) is 8.42 Å². The molecule has 0 spiro atoms. The van der Waals surface area contributed by atoms with Gasteiger partial charge >= 0.3 is 0 Å². The molecule has 0 unspecified atom stereocenters. The molecular formula is C11H16O5S. The number of aliphatic hydroxyl groups is 2. The molecule has 0 heterocycles. The second-order valence-electron chi connectivity index (χ2n) is 3.57. The van der Waals surface area contributed by atoms with E-state index in [0.29, 0.717) is 0 Å². The Morgan fingerprint density at radius 1 is 1.29 bits per heavy atom. The van der Waals surface area contributed by atoms with E-state index in [1.54, 1.807) is 12.1 Å². The fraction of sp³-hybridized carbons (Fsp3) is 0.455. The summed E-state index contributed by atoms with van der Waals surface area (Å²) in [4.78, 5) is 0.0415. The summed E-state index contributed by atoms with van der Waals surface area (Å²) in [6.07, 6.45) is -0.371. The monoisotopic (exact) mass is 260 g/mol. The van der Waals surface area contributed by atoms with Crippen LogP contribution in [0.25, 0.3) is 0 Å². The first-order valence-corrected chi connectivity index (χ1v) is 6.67. The Morgan fingerprint density at radius 3 is 2.35 bits per heavy atom. The van der Waals surface area contributed by atoms with Crippen LogP contribution in [-0.2, 0) is 20.7 Å². The lowest BCUT2D eigenvalue weighted by molar-refractivity contribution is 0.0557. The first-order valence-electron chi connectivity index (χ1n) is 5.27. The van der Waals surface area contributed by atoms with Gasteiger partial charge in [-0.3, -0.25) is 4.18 Å². The molecule has 0 aliphatic rings. The number of hydrogen-bond acceptors (Lipinski definition) is 5. The van der Waals surface area contributed by atoms with Crippen LogP contribution in [0.2, 0.25) is 0 Å². The minimum Gasteiger partial charge on any atom is -0.394 e. The molecule has 0 saturated heterocycles. The van der Waals surface area contributed by atoms with Crippen LogP contribution in [0.5, 0.6) is 0 Å². The minimum absolute atomic E-state index is 0.0415. The van der Waals surface area contributed by atoms with E-state index >= 15 is 0 Å². The molecule has 0 bridgehead atoms. The van der Waals surface area contributed by atoms with Crippen molar-refractivity contribution in [1.82, 2.24) is 0 Å². The third-order valence-electron chi connectivity index (χ3n) is 2.25. The van der Waals surface area contributed by atoms with Gasteiger partial charge in [0, 0.05) is 0 Å². The molecule has 0 aliphatic carbocycles. The first-order chi connectivity index (χ1) is 7.99. The molecular weight excluding hydrogens is 244 g/mol. The van der Waals surface area contributed by atoms with Gasteiger partial charge < -0.3 is 10.2 Å². The summed E-state index contributed by atoms with van der Waals surface area (Å²) in [5, 5.41) is 17.6. The Balaban J connectivity index is 2.75. The molecule has 5 nitrogen and oxygen atoms in total. The summed E-state index contributed by atoms with van der Waals surface area (Å²) >= 11 is 0. The molecule has 1 rings (SSSR count). The molecule has 1 aromatic rings. The van der Waals surface area contributed by atoms with Gasteiger partial charge in [0.1, 0.15) is 6.10 Å². The van der Waals surface area contributed by atoms with Gasteiger partial charge in [-0.05, 0) is 24.1 Å². The van der Waals surface area contributed by atoms with Gasteiger partial charge in [0.2, 0.25) is 0 Å². The van der Waals surface area contributed by atoms with Crippen LogP contribution in [0, 0.1) is 0 Å². The van der Waals surface area contributed by atoms with Crippen molar-refractivity contribution in [3.8, 4) is 0 Å². The Kier molecular flexibility index (Phi) is 5.07. The lowest BCUT2D eigenvalue weighted by Gasteiger charge is -2.09. The summed E-state index contributed by atoms with van der Waals surface area (Å²) in [5.41, 5.74) is 1.03. The highest BCUT2D eigenvalue weighted by Crippen LogP contribution is 2.14. The quantitative estimate of drug-likeness (QED) is 0.719. The van der Waals surface area contributed by atoms with Gasteiger partial charge in [0.25, 0.3) is 10.1 Å². The molecule has 1 aromatic carbocycles. The number of hydrogen-bond donors (Lipinski definition) is 2. The molecule has 6 heteroatoms. The van der Waals surface area contributed by atoms with Gasteiger partial charge in [0.05, 0.1) is 18.1 Å². The van der Waals surface area contributed by atoms with E-state index in [0.717, 1.165) is 12.0 Å². The zero-order chi connectivity index (χ0) is 12.9. The van der Waals surface area contributed by atoms with Crippen molar-refractivity contribution in [3.05, 3.63) is 29.8 Å². The average molecular weight is 260 g/mol. The number of benzene rings is 1. The molecule has 0 saturated carbocycles. The van der Waals surface area contributed by atoms with Gasteiger partial charge in [-0.2, -0.15) is 8.42 Å². The van der Waals surface area contributed by atoms with Crippen LogP contribution in [0.4, 0.5) is 0 Å². The zero-order valence-electron chi connectivity index (χ0n) is 9.54. The van der Waals surface area contributed by atoms with Gasteiger partial charge in [-0.1, -0.05) is 19.1 Å². The standard InChI is InChI=1S/C11H16O5S/c1-2-9-3-5-11(6-4-9)17(14,15)16-8-10(13)7-12/h3-6,10,12-13H,2,7-8H2,1H3/t10-/m0/s1.